The molecule has 0 bridgehead atoms. The second kappa shape index (κ2) is 9.16. The van der Waals surface area contributed by atoms with Crippen molar-refractivity contribution in [3.63, 3.8) is 0 Å². The molecule has 0 unspecified atom stereocenters. The molecule has 1 amide bonds. The molecular formula is C22H32N4OS. The third-order valence-corrected chi connectivity index (χ3v) is 6.59. The van der Waals surface area contributed by atoms with Gasteiger partial charge in [-0.1, -0.05) is 52.0 Å². The van der Waals surface area contributed by atoms with Gasteiger partial charge in [0.25, 0.3) is 5.91 Å². The molecule has 0 atom stereocenters. The molecule has 1 aromatic carbocycles. The van der Waals surface area contributed by atoms with Crippen molar-refractivity contribution in [2.75, 3.05) is 32.7 Å². The lowest BCUT2D eigenvalue weighted by atomic mass is 9.98. The van der Waals surface area contributed by atoms with Crippen LogP contribution in [-0.2, 0) is 18.5 Å². The van der Waals surface area contributed by atoms with Gasteiger partial charge in [-0.25, -0.2) is 4.98 Å². The van der Waals surface area contributed by atoms with Gasteiger partial charge in [-0.2, -0.15) is 0 Å². The number of rotatable bonds is 6. The highest BCUT2D eigenvalue weighted by Crippen LogP contribution is 2.26. The van der Waals surface area contributed by atoms with E-state index < -0.39 is 0 Å². The SMILES string of the molecule is CCN1CCN(Cc2ccc(CNC(=O)c3cnc(C(C)(C)C)s3)cc2)CC1. The van der Waals surface area contributed by atoms with E-state index in [1.54, 1.807) is 6.20 Å². The van der Waals surface area contributed by atoms with Crippen LogP contribution in [0.15, 0.2) is 30.5 Å². The quantitative estimate of drug-likeness (QED) is 0.806. The summed E-state index contributed by atoms with van der Waals surface area (Å²) in [6, 6.07) is 8.59. The molecule has 1 aliphatic rings. The molecule has 0 saturated carbocycles. The van der Waals surface area contributed by atoms with Gasteiger partial charge in [-0.15, -0.1) is 11.3 Å². The monoisotopic (exact) mass is 400 g/mol. The molecule has 6 heteroatoms. The van der Waals surface area contributed by atoms with Crippen molar-refractivity contribution in [2.45, 2.75) is 46.2 Å². The van der Waals surface area contributed by atoms with Gasteiger partial charge in [0.1, 0.15) is 4.88 Å². The molecule has 1 saturated heterocycles. The van der Waals surface area contributed by atoms with Crippen LogP contribution in [0.4, 0.5) is 0 Å². The summed E-state index contributed by atoms with van der Waals surface area (Å²) in [6.07, 6.45) is 1.68. The Kier molecular flexibility index (Phi) is 6.86. The normalized spacial score (nSPS) is 16.3. The minimum Gasteiger partial charge on any atom is -0.347 e. The summed E-state index contributed by atoms with van der Waals surface area (Å²) in [5.74, 6) is -0.0501. The first-order chi connectivity index (χ1) is 13.3. The lowest BCUT2D eigenvalue weighted by Gasteiger charge is -2.34. The number of benzene rings is 1. The zero-order valence-corrected chi connectivity index (χ0v) is 18.3. The zero-order valence-electron chi connectivity index (χ0n) is 17.5. The molecule has 0 spiro atoms. The average Bonchev–Trinajstić information content (AvgIpc) is 3.19. The van der Waals surface area contributed by atoms with Crippen molar-refractivity contribution >= 4 is 17.2 Å². The Hall–Kier alpha value is -1.76. The Morgan fingerprint density at radius 2 is 1.68 bits per heavy atom. The second-order valence-electron chi connectivity index (χ2n) is 8.49. The van der Waals surface area contributed by atoms with E-state index in [1.807, 2.05) is 0 Å². The lowest BCUT2D eigenvalue weighted by molar-refractivity contribution is 0.0954. The number of thiazole rings is 1. The summed E-state index contributed by atoms with van der Waals surface area (Å²) in [5, 5.41) is 4.00. The maximum Gasteiger partial charge on any atom is 0.263 e. The first-order valence-electron chi connectivity index (χ1n) is 10.1. The number of aromatic nitrogens is 1. The molecular weight excluding hydrogens is 368 g/mol. The summed E-state index contributed by atoms with van der Waals surface area (Å²) in [7, 11) is 0. The molecule has 0 aliphatic carbocycles. The maximum absolute atomic E-state index is 12.4. The van der Waals surface area contributed by atoms with Gasteiger partial charge >= 0.3 is 0 Å². The number of nitrogens with zero attached hydrogens (tertiary/aromatic N) is 3. The number of amides is 1. The van der Waals surface area contributed by atoms with Crippen LogP contribution in [0.5, 0.6) is 0 Å². The molecule has 3 rings (SSSR count). The van der Waals surface area contributed by atoms with Crippen LogP contribution in [0.25, 0.3) is 0 Å². The van der Waals surface area contributed by atoms with Gasteiger partial charge in [0, 0.05) is 44.7 Å². The van der Waals surface area contributed by atoms with E-state index >= 15 is 0 Å². The number of likely N-dealkylation sites (N-methyl/N-ethyl adjacent to an activating group) is 1. The Morgan fingerprint density at radius 3 is 2.25 bits per heavy atom. The van der Waals surface area contributed by atoms with Crippen LogP contribution < -0.4 is 5.32 Å². The molecule has 28 heavy (non-hydrogen) atoms. The molecule has 152 valence electrons. The maximum atomic E-state index is 12.4. The van der Waals surface area contributed by atoms with Gasteiger partial charge < -0.3 is 10.2 Å². The summed E-state index contributed by atoms with van der Waals surface area (Å²) in [4.78, 5) is 22.5. The number of nitrogens with one attached hydrogen (secondary N) is 1. The van der Waals surface area contributed by atoms with Crippen LogP contribution >= 0.6 is 11.3 Å². The van der Waals surface area contributed by atoms with E-state index in [0.717, 1.165) is 49.8 Å². The topological polar surface area (TPSA) is 48.5 Å². The van der Waals surface area contributed by atoms with Gasteiger partial charge in [0.2, 0.25) is 0 Å². The molecule has 1 aromatic heterocycles. The summed E-state index contributed by atoms with van der Waals surface area (Å²) in [6.45, 7) is 15.8. The fourth-order valence-electron chi connectivity index (χ4n) is 3.28. The van der Waals surface area contributed by atoms with E-state index in [1.165, 1.54) is 16.9 Å². The fourth-order valence-corrected chi connectivity index (χ4v) is 4.17. The van der Waals surface area contributed by atoms with Gasteiger partial charge in [-0.3, -0.25) is 9.69 Å². The van der Waals surface area contributed by atoms with E-state index in [2.05, 4.69) is 72.1 Å². The zero-order chi connectivity index (χ0) is 20.1. The third kappa shape index (κ3) is 5.63. The predicted molar refractivity (Wildman–Crippen MR) is 116 cm³/mol. The first kappa shape index (κ1) is 21.0. The molecule has 1 aliphatic heterocycles. The number of hydrogen-bond donors (Lipinski definition) is 1. The van der Waals surface area contributed by atoms with Crippen LogP contribution in [0, 0.1) is 0 Å². The highest BCUT2D eigenvalue weighted by molar-refractivity contribution is 7.13. The van der Waals surface area contributed by atoms with Crippen molar-refractivity contribution in [1.82, 2.24) is 20.1 Å². The molecule has 1 fully saturated rings. The Labute approximate surface area is 172 Å². The van der Waals surface area contributed by atoms with Crippen molar-refractivity contribution in [3.8, 4) is 0 Å². The number of carbonyl (C=O) groups is 1. The Bertz CT molecular complexity index is 771. The van der Waals surface area contributed by atoms with Crippen molar-refractivity contribution in [3.05, 3.63) is 51.5 Å². The van der Waals surface area contributed by atoms with E-state index in [4.69, 9.17) is 0 Å². The van der Waals surface area contributed by atoms with Gasteiger partial charge in [0.05, 0.1) is 11.2 Å². The van der Waals surface area contributed by atoms with Gasteiger partial charge in [0.15, 0.2) is 0 Å². The minimum absolute atomic E-state index is 0.0256. The largest absolute Gasteiger partial charge is 0.347 e. The van der Waals surface area contributed by atoms with Crippen LogP contribution in [0.1, 0.15) is 53.5 Å². The standard InChI is InChI=1S/C22H32N4OS/c1-5-25-10-12-26(13-11-25)16-18-8-6-17(7-9-18)14-23-20(27)19-15-24-21(28-19)22(2,3)4/h6-9,15H,5,10-14,16H2,1-4H3,(H,23,27). The van der Waals surface area contributed by atoms with Crippen molar-refractivity contribution < 1.29 is 4.79 Å². The molecule has 0 radical (unpaired) electrons. The van der Waals surface area contributed by atoms with E-state index in [-0.39, 0.29) is 11.3 Å². The first-order valence-corrected chi connectivity index (χ1v) is 10.9. The summed E-state index contributed by atoms with van der Waals surface area (Å²) < 4.78 is 0. The third-order valence-electron chi connectivity index (χ3n) is 5.17. The predicted octanol–water partition coefficient (Wildman–Crippen LogP) is 3.51. The average molecular weight is 401 g/mol. The summed E-state index contributed by atoms with van der Waals surface area (Å²) in [5.41, 5.74) is 2.42. The smallest absolute Gasteiger partial charge is 0.263 e. The molecule has 2 aromatic rings. The fraction of sp³-hybridized carbons (Fsp3) is 0.545. The molecule has 1 N–H and O–H groups in total. The number of hydrogen-bond acceptors (Lipinski definition) is 5. The number of piperazine rings is 1. The highest BCUT2D eigenvalue weighted by atomic mass is 32.1. The van der Waals surface area contributed by atoms with Crippen LogP contribution in [0.3, 0.4) is 0 Å². The van der Waals surface area contributed by atoms with Crippen LogP contribution in [-0.4, -0.2) is 53.4 Å². The molecule has 2 heterocycles. The van der Waals surface area contributed by atoms with E-state index in [9.17, 15) is 4.79 Å². The highest BCUT2D eigenvalue weighted by Gasteiger charge is 2.20. The lowest BCUT2D eigenvalue weighted by Crippen LogP contribution is -2.45. The Morgan fingerprint density at radius 1 is 1.07 bits per heavy atom. The van der Waals surface area contributed by atoms with Crippen LogP contribution in [0.2, 0.25) is 0 Å². The second-order valence-corrected chi connectivity index (χ2v) is 9.52. The number of carbonyl (C=O) groups excluding carboxylic acids is 1. The minimum atomic E-state index is -0.0501. The summed E-state index contributed by atoms with van der Waals surface area (Å²) >= 11 is 1.47. The van der Waals surface area contributed by atoms with E-state index in [0.29, 0.717) is 11.4 Å². The molecule has 5 nitrogen and oxygen atoms in total. The Balaban J connectivity index is 1.48. The van der Waals surface area contributed by atoms with Crippen molar-refractivity contribution in [1.29, 1.82) is 0 Å². The van der Waals surface area contributed by atoms with Crippen molar-refractivity contribution in [2.24, 2.45) is 0 Å². The van der Waals surface area contributed by atoms with Gasteiger partial charge in [-0.05, 0) is 17.7 Å².